The molecule has 0 bridgehead atoms. The molecule has 0 N–H and O–H groups in total. The van der Waals surface area contributed by atoms with Crippen molar-refractivity contribution in [3.05, 3.63) is 83.2 Å². The van der Waals surface area contributed by atoms with E-state index in [9.17, 15) is 13.2 Å². The molecule has 0 atom stereocenters. The maximum atomic E-state index is 13.6. The van der Waals surface area contributed by atoms with Crippen LogP contribution >= 0.6 is 0 Å². The summed E-state index contributed by atoms with van der Waals surface area (Å²) in [4.78, 5) is 13.2. The minimum absolute atomic E-state index is 0.0690. The quantitative estimate of drug-likeness (QED) is 0.473. The zero-order chi connectivity index (χ0) is 22.3. The Morgan fingerprint density at radius 2 is 1.62 bits per heavy atom. The van der Waals surface area contributed by atoms with Gasteiger partial charge in [0.05, 0.1) is 17.5 Å². The molecule has 0 unspecified atom stereocenters. The van der Waals surface area contributed by atoms with Crippen LogP contribution in [-0.4, -0.2) is 32.7 Å². The molecule has 0 spiro atoms. The van der Waals surface area contributed by atoms with Crippen LogP contribution in [0, 0.1) is 0 Å². The molecule has 8 heteroatoms. The van der Waals surface area contributed by atoms with Crippen LogP contribution in [0.25, 0.3) is 22.0 Å². The molecule has 1 aromatic heterocycles. The lowest BCUT2D eigenvalue weighted by Crippen LogP contribution is -2.28. The molecule has 0 saturated carbocycles. The van der Waals surface area contributed by atoms with Crippen molar-refractivity contribution in [2.45, 2.75) is 4.90 Å². The van der Waals surface area contributed by atoms with Crippen molar-refractivity contribution in [1.82, 2.24) is 3.97 Å². The van der Waals surface area contributed by atoms with Gasteiger partial charge < -0.3 is 14.2 Å². The van der Waals surface area contributed by atoms with Gasteiger partial charge in [-0.2, -0.15) is 3.97 Å². The smallest absolute Gasteiger partial charge is 0.271 e. The van der Waals surface area contributed by atoms with Crippen LogP contribution in [0.2, 0.25) is 0 Å². The second-order valence-electron chi connectivity index (χ2n) is 7.22. The van der Waals surface area contributed by atoms with Crippen LogP contribution in [-0.2, 0) is 10.0 Å². The Balaban J connectivity index is 1.79. The summed E-state index contributed by atoms with van der Waals surface area (Å²) in [5.74, 6) is 1.23. The second-order valence-corrected chi connectivity index (χ2v) is 9.01. The maximum absolute atomic E-state index is 13.6. The van der Waals surface area contributed by atoms with Gasteiger partial charge >= 0.3 is 0 Å². The third kappa shape index (κ3) is 3.29. The van der Waals surface area contributed by atoms with Gasteiger partial charge in [-0.1, -0.05) is 30.3 Å². The van der Waals surface area contributed by atoms with Crippen molar-refractivity contribution in [2.75, 3.05) is 20.3 Å². The number of hydrogen-bond acceptors (Lipinski definition) is 6. The Labute approximate surface area is 184 Å². The van der Waals surface area contributed by atoms with E-state index in [1.807, 2.05) is 30.3 Å². The normalized spacial score (nSPS) is 13.2. The van der Waals surface area contributed by atoms with Crippen LogP contribution in [0.1, 0.15) is 0 Å². The molecule has 0 saturated heterocycles. The lowest BCUT2D eigenvalue weighted by molar-refractivity contribution is 0.171. The highest BCUT2D eigenvalue weighted by Crippen LogP contribution is 2.35. The summed E-state index contributed by atoms with van der Waals surface area (Å²) in [6, 6.07) is 20.1. The molecular formula is C24H19NO6S. The molecule has 162 valence electrons. The molecule has 0 fully saturated rings. The van der Waals surface area contributed by atoms with Gasteiger partial charge in [0.1, 0.15) is 19.0 Å². The van der Waals surface area contributed by atoms with E-state index in [2.05, 4.69) is 0 Å². The number of rotatable bonds is 4. The molecular weight excluding hydrogens is 430 g/mol. The Morgan fingerprint density at radius 1 is 0.875 bits per heavy atom. The average molecular weight is 449 g/mol. The van der Waals surface area contributed by atoms with E-state index in [0.29, 0.717) is 41.4 Å². The second kappa shape index (κ2) is 7.72. The molecule has 0 amide bonds. The Bertz CT molecular complexity index is 1490. The van der Waals surface area contributed by atoms with Crippen molar-refractivity contribution < 1.29 is 22.6 Å². The van der Waals surface area contributed by atoms with E-state index < -0.39 is 15.6 Å². The molecule has 0 radical (unpaired) electrons. The SMILES string of the molecule is COc1ccc2c(-c3ccccc3)cc(=O)n(S(=O)(=O)c3ccc4c(c3)OCCO4)c2c1. The molecule has 32 heavy (non-hydrogen) atoms. The highest BCUT2D eigenvalue weighted by atomic mass is 32.2. The van der Waals surface area contributed by atoms with E-state index in [4.69, 9.17) is 14.2 Å². The largest absolute Gasteiger partial charge is 0.497 e. The van der Waals surface area contributed by atoms with Crippen molar-refractivity contribution >= 4 is 20.9 Å². The Hall–Kier alpha value is -3.78. The minimum Gasteiger partial charge on any atom is -0.497 e. The van der Waals surface area contributed by atoms with Gasteiger partial charge in [0.15, 0.2) is 11.5 Å². The van der Waals surface area contributed by atoms with Gasteiger partial charge in [-0.3, -0.25) is 4.79 Å². The first kappa shape index (κ1) is 20.1. The number of methoxy groups -OCH3 is 1. The van der Waals surface area contributed by atoms with Gasteiger partial charge in [-0.05, 0) is 35.4 Å². The number of hydrogen-bond donors (Lipinski definition) is 0. The summed E-state index contributed by atoms with van der Waals surface area (Å²) in [5, 5.41) is 0.609. The lowest BCUT2D eigenvalue weighted by Gasteiger charge is -2.20. The van der Waals surface area contributed by atoms with Gasteiger partial charge in [0, 0.05) is 23.6 Å². The molecule has 1 aliphatic heterocycles. The number of nitrogens with zero attached hydrogens (tertiary/aromatic N) is 1. The van der Waals surface area contributed by atoms with E-state index in [1.165, 1.54) is 31.4 Å². The number of ether oxygens (including phenoxy) is 3. The van der Waals surface area contributed by atoms with Gasteiger partial charge in [0.25, 0.3) is 15.6 Å². The third-order valence-corrected chi connectivity index (χ3v) is 7.03. The van der Waals surface area contributed by atoms with E-state index in [1.54, 1.807) is 18.2 Å². The van der Waals surface area contributed by atoms with Crippen molar-refractivity contribution in [3.8, 4) is 28.4 Å². The summed E-state index contributed by atoms with van der Waals surface area (Å²) in [5.41, 5.74) is 1.01. The van der Waals surface area contributed by atoms with Crippen molar-refractivity contribution in [1.29, 1.82) is 0 Å². The summed E-state index contributed by atoms with van der Waals surface area (Å²) < 4.78 is 44.4. The molecule has 4 aromatic rings. The van der Waals surface area contributed by atoms with Gasteiger partial charge in [0.2, 0.25) is 0 Å². The third-order valence-electron chi connectivity index (χ3n) is 5.32. The molecule has 1 aliphatic rings. The number of benzene rings is 3. The molecule has 0 aliphatic carbocycles. The fourth-order valence-electron chi connectivity index (χ4n) is 3.81. The Kier molecular flexibility index (Phi) is 4.86. The molecule has 3 aromatic carbocycles. The summed E-state index contributed by atoms with van der Waals surface area (Å²) in [6.45, 7) is 0.715. The molecule has 7 nitrogen and oxygen atoms in total. The number of pyridine rings is 1. The van der Waals surface area contributed by atoms with Crippen LogP contribution < -0.4 is 19.8 Å². The number of fused-ring (bicyclic) bond motifs is 2. The van der Waals surface area contributed by atoms with Crippen LogP contribution in [0.4, 0.5) is 0 Å². The predicted molar refractivity (Wildman–Crippen MR) is 120 cm³/mol. The van der Waals surface area contributed by atoms with Crippen molar-refractivity contribution in [2.24, 2.45) is 0 Å². The highest BCUT2D eigenvalue weighted by molar-refractivity contribution is 7.90. The standard InChI is InChI=1S/C24H19NO6S/c1-29-17-7-9-19-20(16-5-3-2-4-6-16)15-24(26)25(21(19)13-17)32(27,28)18-8-10-22-23(14-18)31-12-11-30-22/h2-10,13-15H,11-12H2,1H3. The fourth-order valence-corrected chi connectivity index (χ4v) is 5.21. The van der Waals surface area contributed by atoms with E-state index in [0.717, 1.165) is 9.54 Å². The summed E-state index contributed by atoms with van der Waals surface area (Å²) >= 11 is 0. The van der Waals surface area contributed by atoms with E-state index >= 15 is 0 Å². The van der Waals surface area contributed by atoms with Crippen LogP contribution in [0.3, 0.4) is 0 Å². The zero-order valence-corrected chi connectivity index (χ0v) is 18.0. The first-order chi connectivity index (χ1) is 15.5. The van der Waals surface area contributed by atoms with Crippen LogP contribution in [0.5, 0.6) is 17.2 Å². The lowest BCUT2D eigenvalue weighted by atomic mass is 10.0. The van der Waals surface area contributed by atoms with Gasteiger partial charge in [-0.25, -0.2) is 8.42 Å². The predicted octanol–water partition coefficient (Wildman–Crippen LogP) is 3.69. The molecule has 2 heterocycles. The average Bonchev–Trinajstić information content (AvgIpc) is 2.83. The number of aromatic nitrogens is 1. The van der Waals surface area contributed by atoms with Crippen LogP contribution in [0.15, 0.2) is 82.5 Å². The first-order valence-electron chi connectivity index (χ1n) is 9.93. The monoisotopic (exact) mass is 449 g/mol. The Morgan fingerprint density at radius 3 is 2.38 bits per heavy atom. The zero-order valence-electron chi connectivity index (χ0n) is 17.1. The highest BCUT2D eigenvalue weighted by Gasteiger charge is 2.25. The van der Waals surface area contributed by atoms with E-state index in [-0.39, 0.29) is 10.4 Å². The minimum atomic E-state index is -4.24. The van der Waals surface area contributed by atoms with Crippen molar-refractivity contribution in [3.63, 3.8) is 0 Å². The first-order valence-corrected chi connectivity index (χ1v) is 11.4. The fraction of sp³-hybridized carbons (Fsp3) is 0.125. The maximum Gasteiger partial charge on any atom is 0.271 e. The summed E-state index contributed by atoms with van der Waals surface area (Å²) in [7, 11) is -2.75. The topological polar surface area (TPSA) is 83.8 Å². The summed E-state index contributed by atoms with van der Waals surface area (Å²) in [6.07, 6.45) is 0. The van der Waals surface area contributed by atoms with Gasteiger partial charge in [-0.15, -0.1) is 0 Å². The molecule has 5 rings (SSSR count).